The average Bonchev–Trinajstić information content (AvgIpc) is 2.48. The van der Waals surface area contributed by atoms with Crippen molar-refractivity contribution in [3.8, 4) is 0 Å². The summed E-state index contributed by atoms with van der Waals surface area (Å²) in [5.41, 5.74) is 6.94. The van der Waals surface area contributed by atoms with Crippen LogP contribution >= 0.6 is 0 Å². The monoisotopic (exact) mass is 292 g/mol. The molecule has 0 aliphatic carbocycles. The summed E-state index contributed by atoms with van der Waals surface area (Å²) in [6, 6.07) is 9.94. The summed E-state index contributed by atoms with van der Waals surface area (Å²) >= 11 is 0. The van der Waals surface area contributed by atoms with Gasteiger partial charge in [0.1, 0.15) is 0 Å². The molecular weight excluding hydrogens is 264 g/mol. The minimum absolute atomic E-state index is 0.0333. The highest BCUT2D eigenvalue weighted by Crippen LogP contribution is 2.27. The van der Waals surface area contributed by atoms with Gasteiger partial charge in [0.25, 0.3) is 0 Å². The van der Waals surface area contributed by atoms with Crippen LogP contribution in [0.15, 0.2) is 30.3 Å². The van der Waals surface area contributed by atoms with E-state index in [2.05, 4.69) is 19.2 Å². The molecule has 0 aliphatic rings. The van der Waals surface area contributed by atoms with E-state index in [1.807, 2.05) is 30.3 Å². The molecule has 0 fully saturated rings. The maximum absolute atomic E-state index is 12.5. The number of carbonyl (C=O) groups is 1. The first-order valence-electron chi connectivity index (χ1n) is 7.67. The number of nitrogens with two attached hydrogens (primary N) is 1. The molecule has 1 aromatic carbocycles. The fraction of sp³-hybridized carbons (Fsp3) is 0.588. The Morgan fingerprint density at radius 1 is 1.33 bits per heavy atom. The molecule has 1 aromatic rings. The number of ether oxygens (including phenoxy) is 1. The first-order chi connectivity index (χ1) is 10.1. The highest BCUT2D eigenvalue weighted by atomic mass is 16.5. The topological polar surface area (TPSA) is 64.4 Å². The maximum atomic E-state index is 12.5. The first kappa shape index (κ1) is 17.7. The van der Waals surface area contributed by atoms with Gasteiger partial charge in [0.05, 0.1) is 12.5 Å². The standard InChI is InChI=1S/C17H28N2O2/c1-4-13(2)16(14-8-6-5-7-9-14)17(20)19-11-10-15(18)12-21-3/h5-9,13,15-16H,4,10-12,18H2,1-3H3,(H,19,20). The van der Waals surface area contributed by atoms with E-state index in [0.717, 1.165) is 18.4 Å². The van der Waals surface area contributed by atoms with E-state index >= 15 is 0 Å². The van der Waals surface area contributed by atoms with Crippen LogP contribution in [0.2, 0.25) is 0 Å². The zero-order valence-corrected chi connectivity index (χ0v) is 13.3. The lowest BCUT2D eigenvalue weighted by Gasteiger charge is -2.23. The molecule has 3 N–H and O–H groups in total. The SMILES string of the molecule is CCC(C)C(C(=O)NCCC(N)COC)c1ccccc1. The molecule has 0 saturated heterocycles. The van der Waals surface area contributed by atoms with Crippen molar-refractivity contribution >= 4 is 5.91 Å². The third kappa shape index (κ3) is 5.86. The predicted octanol–water partition coefficient (Wildman–Crippen LogP) is 2.30. The minimum Gasteiger partial charge on any atom is -0.383 e. The fourth-order valence-corrected chi connectivity index (χ4v) is 2.42. The van der Waals surface area contributed by atoms with Crippen molar-refractivity contribution in [2.45, 2.75) is 38.6 Å². The Hall–Kier alpha value is -1.39. The molecule has 3 unspecified atom stereocenters. The Morgan fingerprint density at radius 2 is 2.00 bits per heavy atom. The molecule has 0 radical (unpaired) electrons. The van der Waals surface area contributed by atoms with E-state index in [-0.39, 0.29) is 17.9 Å². The van der Waals surface area contributed by atoms with Crippen molar-refractivity contribution in [3.05, 3.63) is 35.9 Å². The number of rotatable bonds is 9. The van der Waals surface area contributed by atoms with Crippen LogP contribution in [0.25, 0.3) is 0 Å². The van der Waals surface area contributed by atoms with Gasteiger partial charge in [-0.05, 0) is 17.9 Å². The van der Waals surface area contributed by atoms with Gasteiger partial charge in [-0.2, -0.15) is 0 Å². The number of benzene rings is 1. The average molecular weight is 292 g/mol. The lowest BCUT2D eigenvalue weighted by molar-refractivity contribution is -0.123. The summed E-state index contributed by atoms with van der Waals surface area (Å²) in [5, 5.41) is 3.01. The summed E-state index contributed by atoms with van der Waals surface area (Å²) in [5.74, 6) is 0.287. The van der Waals surface area contributed by atoms with Gasteiger partial charge in [-0.3, -0.25) is 4.79 Å². The van der Waals surface area contributed by atoms with Gasteiger partial charge >= 0.3 is 0 Å². The van der Waals surface area contributed by atoms with Crippen LogP contribution in [0.3, 0.4) is 0 Å². The van der Waals surface area contributed by atoms with Gasteiger partial charge in [0.15, 0.2) is 0 Å². The summed E-state index contributed by atoms with van der Waals surface area (Å²) < 4.78 is 5.00. The van der Waals surface area contributed by atoms with Crippen molar-refractivity contribution in [1.29, 1.82) is 0 Å². The number of hydrogen-bond acceptors (Lipinski definition) is 3. The molecule has 0 bridgehead atoms. The number of nitrogens with one attached hydrogen (secondary N) is 1. The second kappa shape index (κ2) is 9.53. The quantitative estimate of drug-likeness (QED) is 0.734. The van der Waals surface area contributed by atoms with Crippen molar-refractivity contribution in [2.75, 3.05) is 20.3 Å². The van der Waals surface area contributed by atoms with E-state index in [9.17, 15) is 4.79 Å². The molecule has 1 amide bonds. The lowest BCUT2D eigenvalue weighted by atomic mass is 9.85. The normalized spacial score (nSPS) is 15.2. The number of carbonyl (C=O) groups excluding carboxylic acids is 1. The maximum Gasteiger partial charge on any atom is 0.227 e. The smallest absolute Gasteiger partial charge is 0.227 e. The number of methoxy groups -OCH3 is 1. The minimum atomic E-state index is -0.102. The van der Waals surface area contributed by atoms with E-state index in [1.54, 1.807) is 7.11 Å². The first-order valence-corrected chi connectivity index (χ1v) is 7.67. The molecule has 4 nitrogen and oxygen atoms in total. The Labute approximate surface area is 128 Å². The molecule has 0 heterocycles. The van der Waals surface area contributed by atoms with Crippen LogP contribution in [0, 0.1) is 5.92 Å². The van der Waals surface area contributed by atoms with Crippen LogP contribution in [0.4, 0.5) is 0 Å². The van der Waals surface area contributed by atoms with E-state index in [0.29, 0.717) is 19.1 Å². The second-order valence-electron chi connectivity index (χ2n) is 5.57. The number of amides is 1. The van der Waals surface area contributed by atoms with Gasteiger partial charge in [0.2, 0.25) is 5.91 Å². The van der Waals surface area contributed by atoms with Gasteiger partial charge < -0.3 is 15.8 Å². The third-order valence-corrected chi connectivity index (χ3v) is 3.85. The summed E-state index contributed by atoms with van der Waals surface area (Å²) in [4.78, 5) is 12.5. The third-order valence-electron chi connectivity index (χ3n) is 3.85. The predicted molar refractivity (Wildman–Crippen MR) is 86.1 cm³/mol. The van der Waals surface area contributed by atoms with Crippen LogP contribution in [0.5, 0.6) is 0 Å². The molecule has 21 heavy (non-hydrogen) atoms. The van der Waals surface area contributed by atoms with Crippen LogP contribution in [0.1, 0.15) is 38.2 Å². The molecule has 3 atom stereocenters. The zero-order chi connectivity index (χ0) is 15.7. The molecule has 4 heteroatoms. The van der Waals surface area contributed by atoms with Gasteiger partial charge in [-0.15, -0.1) is 0 Å². The molecule has 1 rings (SSSR count). The van der Waals surface area contributed by atoms with Crippen molar-refractivity contribution in [2.24, 2.45) is 11.7 Å². The van der Waals surface area contributed by atoms with Crippen LogP contribution < -0.4 is 11.1 Å². The largest absolute Gasteiger partial charge is 0.383 e. The molecule has 0 aromatic heterocycles. The Balaban J connectivity index is 2.61. The number of hydrogen-bond donors (Lipinski definition) is 2. The zero-order valence-electron chi connectivity index (χ0n) is 13.3. The highest BCUT2D eigenvalue weighted by molar-refractivity contribution is 5.83. The summed E-state index contributed by atoms with van der Waals surface area (Å²) in [6.07, 6.45) is 1.69. The van der Waals surface area contributed by atoms with Crippen LogP contribution in [-0.2, 0) is 9.53 Å². The molecule has 0 spiro atoms. The lowest BCUT2D eigenvalue weighted by Crippen LogP contribution is -2.36. The Bertz CT molecular complexity index is 409. The molecule has 0 saturated carbocycles. The summed E-state index contributed by atoms with van der Waals surface area (Å²) in [6.45, 7) is 5.34. The van der Waals surface area contributed by atoms with Gasteiger partial charge in [0, 0.05) is 19.7 Å². The fourth-order valence-electron chi connectivity index (χ4n) is 2.42. The van der Waals surface area contributed by atoms with E-state index in [1.165, 1.54) is 0 Å². The van der Waals surface area contributed by atoms with Crippen LogP contribution in [-0.4, -0.2) is 32.2 Å². The Kier molecular flexibility index (Phi) is 8.01. The molecular formula is C17H28N2O2. The van der Waals surface area contributed by atoms with Crippen molar-refractivity contribution < 1.29 is 9.53 Å². The molecule has 118 valence electrons. The molecule has 0 aliphatic heterocycles. The van der Waals surface area contributed by atoms with E-state index in [4.69, 9.17) is 10.5 Å². The van der Waals surface area contributed by atoms with Crippen molar-refractivity contribution in [1.82, 2.24) is 5.32 Å². The highest BCUT2D eigenvalue weighted by Gasteiger charge is 2.25. The van der Waals surface area contributed by atoms with Gasteiger partial charge in [-0.1, -0.05) is 50.6 Å². The van der Waals surface area contributed by atoms with Gasteiger partial charge in [-0.25, -0.2) is 0 Å². The second-order valence-corrected chi connectivity index (χ2v) is 5.57. The van der Waals surface area contributed by atoms with E-state index < -0.39 is 0 Å². The van der Waals surface area contributed by atoms with Crippen molar-refractivity contribution in [3.63, 3.8) is 0 Å². The Morgan fingerprint density at radius 3 is 2.57 bits per heavy atom. The summed E-state index contributed by atoms with van der Waals surface area (Å²) in [7, 11) is 1.63.